The van der Waals surface area contributed by atoms with Gasteiger partial charge >= 0.3 is 0 Å². The minimum absolute atomic E-state index is 0.0229. The van der Waals surface area contributed by atoms with Gasteiger partial charge in [-0.15, -0.1) is 0 Å². The van der Waals surface area contributed by atoms with Crippen molar-refractivity contribution in [2.45, 2.75) is 45.7 Å². The van der Waals surface area contributed by atoms with Crippen molar-refractivity contribution in [1.82, 2.24) is 5.32 Å². The quantitative estimate of drug-likeness (QED) is 0.583. The molecule has 0 aliphatic carbocycles. The van der Waals surface area contributed by atoms with Crippen molar-refractivity contribution in [2.75, 3.05) is 15.9 Å². The summed E-state index contributed by atoms with van der Waals surface area (Å²) in [5.74, 6) is -0.845. The molecule has 168 valence electrons. The number of carbonyl (C=O) groups is 2. The van der Waals surface area contributed by atoms with E-state index in [0.717, 1.165) is 17.0 Å². The number of amides is 2. The van der Waals surface area contributed by atoms with Crippen molar-refractivity contribution in [3.63, 3.8) is 0 Å². The number of hydrogen-bond donors (Lipinski definition) is 2. The second-order valence-electron chi connectivity index (χ2n) is 7.28. The Morgan fingerprint density at radius 1 is 1.03 bits per heavy atom. The third-order valence-corrected chi connectivity index (χ3v) is 6.26. The summed E-state index contributed by atoms with van der Waals surface area (Å²) in [4.78, 5) is 25.8. The maximum Gasteiger partial charge on any atom is 0.253 e. The molecule has 0 spiro atoms. The maximum atomic E-state index is 13.2. The predicted molar refractivity (Wildman–Crippen MR) is 125 cm³/mol. The lowest BCUT2D eigenvalue weighted by molar-refractivity contribution is -0.117. The summed E-state index contributed by atoms with van der Waals surface area (Å²) in [6.07, 6.45) is 2.04. The Morgan fingerprint density at radius 2 is 1.65 bits per heavy atom. The Bertz CT molecular complexity index is 1030. The first-order valence-corrected chi connectivity index (χ1v) is 12.3. The number of anilines is 2. The number of rotatable bonds is 9. The number of sulfonamides is 1. The molecule has 2 aromatic rings. The zero-order valence-corrected chi connectivity index (χ0v) is 19.6. The SMILES string of the molecule is CC[C@@H](C)NC(=O)c1ccccc1NC(=O)[C@H](CC)N(c1ccc(Cl)cc1)S(C)(=O)=O. The lowest BCUT2D eigenvalue weighted by Crippen LogP contribution is -2.47. The summed E-state index contributed by atoms with van der Waals surface area (Å²) >= 11 is 5.92. The number of nitrogens with zero attached hydrogens (tertiary/aromatic N) is 1. The Kier molecular flexibility index (Phi) is 8.47. The fourth-order valence-electron chi connectivity index (χ4n) is 3.06. The van der Waals surface area contributed by atoms with E-state index in [1.165, 1.54) is 0 Å². The third-order valence-electron chi connectivity index (χ3n) is 4.83. The highest BCUT2D eigenvalue weighted by Gasteiger charge is 2.32. The summed E-state index contributed by atoms with van der Waals surface area (Å²) in [5, 5.41) is 6.06. The van der Waals surface area contributed by atoms with Crippen LogP contribution < -0.4 is 14.9 Å². The van der Waals surface area contributed by atoms with Gasteiger partial charge in [0.25, 0.3) is 5.91 Å². The number of benzene rings is 2. The normalized spacial score (nSPS) is 13.2. The molecule has 31 heavy (non-hydrogen) atoms. The van der Waals surface area contributed by atoms with Gasteiger partial charge in [-0.25, -0.2) is 8.42 Å². The molecule has 2 N–H and O–H groups in total. The average molecular weight is 466 g/mol. The predicted octanol–water partition coefficient (Wildman–Crippen LogP) is 4.05. The number of para-hydroxylation sites is 1. The van der Waals surface area contributed by atoms with E-state index in [1.807, 2.05) is 13.8 Å². The first-order chi connectivity index (χ1) is 14.6. The molecule has 2 aromatic carbocycles. The molecular formula is C22H28ClN3O4S. The summed E-state index contributed by atoms with van der Waals surface area (Å²) in [7, 11) is -3.78. The van der Waals surface area contributed by atoms with Gasteiger partial charge in [0.05, 0.1) is 23.2 Å². The minimum Gasteiger partial charge on any atom is -0.350 e. The maximum absolute atomic E-state index is 13.2. The highest BCUT2D eigenvalue weighted by molar-refractivity contribution is 7.92. The Morgan fingerprint density at radius 3 is 2.19 bits per heavy atom. The van der Waals surface area contributed by atoms with E-state index in [0.29, 0.717) is 22.0 Å². The molecule has 9 heteroatoms. The van der Waals surface area contributed by atoms with Crippen molar-refractivity contribution >= 4 is 44.8 Å². The second-order valence-corrected chi connectivity index (χ2v) is 9.57. The molecule has 0 fully saturated rings. The van der Waals surface area contributed by atoms with E-state index in [2.05, 4.69) is 10.6 Å². The van der Waals surface area contributed by atoms with Gasteiger partial charge < -0.3 is 10.6 Å². The molecule has 0 saturated heterocycles. The van der Waals surface area contributed by atoms with Crippen LogP contribution in [0.5, 0.6) is 0 Å². The van der Waals surface area contributed by atoms with Crippen LogP contribution in [0.4, 0.5) is 11.4 Å². The van der Waals surface area contributed by atoms with Gasteiger partial charge in [-0.05, 0) is 56.2 Å². The van der Waals surface area contributed by atoms with E-state index in [-0.39, 0.29) is 18.4 Å². The number of carbonyl (C=O) groups excluding carboxylic acids is 2. The van der Waals surface area contributed by atoms with E-state index in [1.54, 1.807) is 55.5 Å². The van der Waals surface area contributed by atoms with Gasteiger partial charge in [-0.1, -0.05) is 37.6 Å². The van der Waals surface area contributed by atoms with Gasteiger partial charge in [0.2, 0.25) is 15.9 Å². The summed E-state index contributed by atoms with van der Waals surface area (Å²) < 4.78 is 26.2. The number of nitrogens with one attached hydrogen (secondary N) is 2. The number of hydrogen-bond acceptors (Lipinski definition) is 4. The Balaban J connectivity index is 2.36. The van der Waals surface area contributed by atoms with E-state index in [9.17, 15) is 18.0 Å². The Hall–Kier alpha value is -2.58. The smallest absolute Gasteiger partial charge is 0.253 e. The molecule has 2 atom stereocenters. The lowest BCUT2D eigenvalue weighted by atomic mass is 10.1. The van der Waals surface area contributed by atoms with Crippen LogP contribution in [-0.4, -0.2) is 38.6 Å². The van der Waals surface area contributed by atoms with Crippen LogP contribution >= 0.6 is 11.6 Å². The van der Waals surface area contributed by atoms with Crippen LogP contribution in [0.15, 0.2) is 48.5 Å². The topological polar surface area (TPSA) is 95.6 Å². The van der Waals surface area contributed by atoms with Crippen LogP contribution in [0.3, 0.4) is 0 Å². The first kappa shape index (κ1) is 24.7. The van der Waals surface area contributed by atoms with E-state index < -0.39 is 22.0 Å². The molecule has 0 unspecified atom stereocenters. The van der Waals surface area contributed by atoms with Gasteiger partial charge in [-0.3, -0.25) is 13.9 Å². The molecule has 2 amide bonds. The lowest BCUT2D eigenvalue weighted by Gasteiger charge is -2.30. The molecule has 0 radical (unpaired) electrons. The monoisotopic (exact) mass is 465 g/mol. The van der Waals surface area contributed by atoms with Crippen LogP contribution in [0, 0.1) is 0 Å². The molecule has 2 rings (SSSR count). The summed E-state index contributed by atoms with van der Waals surface area (Å²) in [6.45, 7) is 5.57. The van der Waals surface area contributed by atoms with Gasteiger partial charge in [0.1, 0.15) is 6.04 Å². The summed E-state index contributed by atoms with van der Waals surface area (Å²) in [6, 6.07) is 11.8. The van der Waals surface area contributed by atoms with Crippen molar-refractivity contribution in [2.24, 2.45) is 0 Å². The van der Waals surface area contributed by atoms with Crippen molar-refractivity contribution < 1.29 is 18.0 Å². The van der Waals surface area contributed by atoms with Crippen LogP contribution in [0.1, 0.15) is 44.0 Å². The van der Waals surface area contributed by atoms with Crippen molar-refractivity contribution in [3.05, 3.63) is 59.1 Å². The van der Waals surface area contributed by atoms with Gasteiger partial charge in [0.15, 0.2) is 0 Å². The summed E-state index contributed by atoms with van der Waals surface area (Å²) in [5.41, 5.74) is 0.955. The molecule has 0 aliphatic heterocycles. The molecule has 0 aliphatic rings. The standard InChI is InChI=1S/C22H28ClN3O4S/c1-5-15(3)24-21(27)18-9-7-8-10-19(18)25-22(28)20(6-2)26(31(4,29)30)17-13-11-16(23)12-14-17/h7-15,20H,5-6H2,1-4H3,(H,24,27)(H,25,28)/t15-,20+/m1/s1. The van der Waals surface area contributed by atoms with Crippen LogP contribution in [-0.2, 0) is 14.8 Å². The highest BCUT2D eigenvalue weighted by atomic mass is 35.5. The highest BCUT2D eigenvalue weighted by Crippen LogP contribution is 2.25. The van der Waals surface area contributed by atoms with Crippen molar-refractivity contribution in [1.29, 1.82) is 0 Å². The average Bonchev–Trinajstić information content (AvgIpc) is 2.72. The van der Waals surface area contributed by atoms with Crippen LogP contribution in [0.2, 0.25) is 5.02 Å². The largest absolute Gasteiger partial charge is 0.350 e. The fraction of sp³-hybridized carbons (Fsp3) is 0.364. The zero-order valence-electron chi connectivity index (χ0n) is 18.1. The van der Waals surface area contributed by atoms with Crippen molar-refractivity contribution in [3.8, 4) is 0 Å². The van der Waals surface area contributed by atoms with Gasteiger partial charge in [0, 0.05) is 11.1 Å². The zero-order chi connectivity index (χ0) is 23.2. The Labute approximate surface area is 188 Å². The number of halogens is 1. The minimum atomic E-state index is -3.78. The fourth-order valence-corrected chi connectivity index (χ4v) is 4.40. The molecular weight excluding hydrogens is 438 g/mol. The molecule has 7 nitrogen and oxygen atoms in total. The molecule has 0 aromatic heterocycles. The molecule has 0 bridgehead atoms. The molecule has 0 heterocycles. The second kappa shape index (κ2) is 10.6. The van der Waals surface area contributed by atoms with E-state index in [4.69, 9.17) is 11.6 Å². The van der Waals surface area contributed by atoms with E-state index >= 15 is 0 Å². The van der Waals surface area contributed by atoms with Crippen LogP contribution in [0.25, 0.3) is 0 Å². The molecule has 0 saturated carbocycles. The third kappa shape index (κ3) is 6.45. The first-order valence-electron chi connectivity index (χ1n) is 10.0. The van der Waals surface area contributed by atoms with Gasteiger partial charge in [-0.2, -0.15) is 0 Å².